The molecule has 28 heavy (non-hydrogen) atoms. The van der Waals surface area contributed by atoms with Crippen molar-refractivity contribution in [2.45, 2.75) is 62.6 Å². The average Bonchev–Trinajstić information content (AvgIpc) is 2.91. The molecule has 1 amide bonds. The summed E-state index contributed by atoms with van der Waals surface area (Å²) < 4.78 is 4.87. The molecule has 0 aromatic carbocycles. The quantitative estimate of drug-likeness (QED) is 0.313. The topological polar surface area (TPSA) is 66.8 Å². The van der Waals surface area contributed by atoms with E-state index >= 15 is 0 Å². The third-order valence-electron chi connectivity index (χ3n) is 5.53. The summed E-state index contributed by atoms with van der Waals surface area (Å²) in [5, 5.41) is 11.2. The minimum absolute atomic E-state index is 0.107. The molecule has 2 aliphatic carbocycles. The number of esters is 1. The van der Waals surface area contributed by atoms with Gasteiger partial charge in [0.25, 0.3) is 5.91 Å². The van der Waals surface area contributed by atoms with E-state index in [9.17, 15) is 14.7 Å². The van der Waals surface area contributed by atoms with Crippen molar-refractivity contribution in [1.29, 1.82) is 0 Å². The zero-order chi connectivity index (χ0) is 20.5. The van der Waals surface area contributed by atoms with Crippen LogP contribution in [0.25, 0.3) is 0 Å². The number of nitrogens with zero attached hydrogens (tertiary/aromatic N) is 1. The molecule has 1 N–H and O–H groups in total. The molecule has 0 aromatic rings. The molecule has 1 heterocycles. The summed E-state index contributed by atoms with van der Waals surface area (Å²) in [5.74, 6) is -0.749. The Labute approximate surface area is 175 Å². The molecule has 152 valence electrons. The number of amides is 1. The van der Waals surface area contributed by atoms with Crippen LogP contribution in [0.4, 0.5) is 0 Å². The summed E-state index contributed by atoms with van der Waals surface area (Å²) in [7, 11) is 0. The van der Waals surface area contributed by atoms with Gasteiger partial charge in [0.2, 0.25) is 0 Å². The lowest BCUT2D eigenvalue weighted by molar-refractivity contribution is -0.145. The SMILES string of the molecule is CCOC(=O)/C(Cl)=C/C1(Cl)C=CC(N2C(=O)C3=C(CCCC3)C2(O)CC)C=C1. The molecule has 0 saturated heterocycles. The van der Waals surface area contributed by atoms with Gasteiger partial charge in [-0.25, -0.2) is 4.79 Å². The normalized spacial score (nSPS) is 32.8. The Morgan fingerprint density at radius 3 is 2.57 bits per heavy atom. The van der Waals surface area contributed by atoms with E-state index in [1.54, 1.807) is 36.1 Å². The van der Waals surface area contributed by atoms with Crippen molar-refractivity contribution < 1.29 is 19.4 Å². The summed E-state index contributed by atoms with van der Waals surface area (Å²) in [5.41, 5.74) is 0.350. The second-order valence-corrected chi connectivity index (χ2v) is 8.32. The van der Waals surface area contributed by atoms with E-state index in [-0.39, 0.29) is 17.5 Å². The monoisotopic (exact) mass is 425 g/mol. The Kier molecular flexibility index (Phi) is 6.08. The summed E-state index contributed by atoms with van der Waals surface area (Å²) >= 11 is 12.5. The Morgan fingerprint density at radius 1 is 1.32 bits per heavy atom. The zero-order valence-electron chi connectivity index (χ0n) is 16.1. The Hall–Kier alpha value is -1.56. The number of halogens is 2. The fraction of sp³-hybridized carbons (Fsp3) is 0.524. The summed E-state index contributed by atoms with van der Waals surface area (Å²) in [6.07, 6.45) is 12.1. The van der Waals surface area contributed by atoms with Gasteiger partial charge in [0.15, 0.2) is 5.72 Å². The minimum atomic E-state index is -1.27. The van der Waals surface area contributed by atoms with E-state index in [0.717, 1.165) is 30.4 Å². The van der Waals surface area contributed by atoms with Gasteiger partial charge in [-0.1, -0.05) is 42.8 Å². The van der Waals surface area contributed by atoms with Crippen molar-refractivity contribution in [3.63, 3.8) is 0 Å². The number of rotatable bonds is 5. The second-order valence-electron chi connectivity index (χ2n) is 7.26. The molecule has 7 heteroatoms. The zero-order valence-corrected chi connectivity index (χ0v) is 17.6. The molecule has 5 nitrogen and oxygen atoms in total. The maximum Gasteiger partial charge on any atom is 0.349 e. The van der Waals surface area contributed by atoms with Crippen molar-refractivity contribution in [1.82, 2.24) is 4.90 Å². The first-order valence-electron chi connectivity index (χ1n) is 9.67. The van der Waals surface area contributed by atoms with Gasteiger partial charge in [-0.2, -0.15) is 0 Å². The lowest BCUT2D eigenvalue weighted by Gasteiger charge is -2.40. The van der Waals surface area contributed by atoms with Gasteiger partial charge < -0.3 is 9.84 Å². The van der Waals surface area contributed by atoms with Crippen LogP contribution >= 0.6 is 23.2 Å². The van der Waals surface area contributed by atoms with Crippen molar-refractivity contribution in [3.8, 4) is 0 Å². The van der Waals surface area contributed by atoms with Crippen molar-refractivity contribution in [2.75, 3.05) is 6.61 Å². The van der Waals surface area contributed by atoms with Crippen LogP contribution in [0.15, 0.2) is 46.6 Å². The van der Waals surface area contributed by atoms with Crippen LogP contribution < -0.4 is 0 Å². The predicted octanol–water partition coefficient (Wildman–Crippen LogP) is 3.96. The van der Waals surface area contributed by atoms with Crippen molar-refractivity contribution in [2.24, 2.45) is 0 Å². The fourth-order valence-corrected chi connectivity index (χ4v) is 4.69. The van der Waals surface area contributed by atoms with E-state index in [4.69, 9.17) is 27.9 Å². The first kappa shape index (κ1) is 21.2. The van der Waals surface area contributed by atoms with Crippen molar-refractivity contribution in [3.05, 3.63) is 46.6 Å². The third-order valence-corrected chi connectivity index (χ3v) is 6.16. The summed E-state index contributed by atoms with van der Waals surface area (Å²) in [6.45, 7) is 3.80. The van der Waals surface area contributed by atoms with Crippen molar-refractivity contribution >= 4 is 35.1 Å². The summed E-state index contributed by atoms with van der Waals surface area (Å²) in [4.78, 5) is 25.2. The Balaban J connectivity index is 1.83. The summed E-state index contributed by atoms with van der Waals surface area (Å²) in [6, 6.07) is -0.426. The van der Waals surface area contributed by atoms with E-state index in [1.807, 2.05) is 6.92 Å². The van der Waals surface area contributed by atoms with Crippen LogP contribution in [0.2, 0.25) is 0 Å². The average molecular weight is 426 g/mol. The number of aliphatic hydroxyl groups is 1. The van der Waals surface area contributed by atoms with Crippen LogP contribution in [0.1, 0.15) is 46.0 Å². The van der Waals surface area contributed by atoms with Gasteiger partial charge in [0.1, 0.15) is 9.91 Å². The third kappa shape index (κ3) is 3.68. The Morgan fingerprint density at radius 2 is 1.96 bits per heavy atom. The number of hydrogen-bond donors (Lipinski definition) is 1. The maximum absolute atomic E-state index is 13.0. The Bertz CT molecular complexity index is 784. The molecule has 0 fully saturated rings. The molecule has 0 saturated carbocycles. The molecule has 0 radical (unpaired) electrons. The molecule has 1 atom stereocenters. The van der Waals surface area contributed by atoms with Gasteiger partial charge in [0, 0.05) is 5.57 Å². The fourth-order valence-electron chi connectivity index (χ4n) is 4.14. The van der Waals surface area contributed by atoms with Crippen LogP contribution in [-0.4, -0.2) is 45.1 Å². The molecule has 0 aromatic heterocycles. The van der Waals surface area contributed by atoms with E-state index in [2.05, 4.69) is 0 Å². The van der Waals surface area contributed by atoms with Crippen LogP contribution in [0.5, 0.6) is 0 Å². The number of allylic oxidation sites excluding steroid dienone is 3. The standard InChI is InChI=1S/C21H25Cl2NO4/c1-3-21(27)16-8-6-5-7-15(16)18(25)24(21)14-9-11-20(23,12-10-14)13-17(22)19(26)28-4-2/h9-14,27H,3-8H2,1-2H3/b17-13-. The lowest BCUT2D eigenvalue weighted by atomic mass is 9.87. The highest BCUT2D eigenvalue weighted by Crippen LogP contribution is 2.45. The first-order valence-corrected chi connectivity index (χ1v) is 10.4. The molecule has 1 aliphatic heterocycles. The highest BCUT2D eigenvalue weighted by Gasteiger charge is 2.51. The molecular weight excluding hydrogens is 401 g/mol. The number of ether oxygens (including phenoxy) is 1. The highest BCUT2D eigenvalue weighted by atomic mass is 35.5. The number of hydrogen-bond acceptors (Lipinski definition) is 4. The molecule has 3 aliphatic rings. The van der Waals surface area contributed by atoms with Crippen LogP contribution in [-0.2, 0) is 14.3 Å². The molecule has 0 spiro atoms. The van der Waals surface area contributed by atoms with Crippen LogP contribution in [0.3, 0.4) is 0 Å². The second kappa shape index (κ2) is 8.05. The van der Waals surface area contributed by atoms with Gasteiger partial charge in [-0.15, -0.1) is 11.6 Å². The predicted molar refractivity (Wildman–Crippen MR) is 109 cm³/mol. The molecular formula is C21H25Cl2NO4. The maximum atomic E-state index is 13.0. The molecule has 3 rings (SSSR count). The number of carbonyl (C=O) groups excluding carboxylic acids is 2. The van der Waals surface area contributed by atoms with E-state index in [0.29, 0.717) is 12.8 Å². The van der Waals surface area contributed by atoms with Gasteiger partial charge in [-0.3, -0.25) is 9.69 Å². The van der Waals surface area contributed by atoms with Gasteiger partial charge in [0.05, 0.1) is 12.6 Å². The largest absolute Gasteiger partial charge is 0.462 e. The molecule has 0 bridgehead atoms. The van der Waals surface area contributed by atoms with E-state index < -0.39 is 22.6 Å². The molecule has 1 unspecified atom stereocenters. The van der Waals surface area contributed by atoms with Crippen LogP contribution in [0, 0.1) is 0 Å². The van der Waals surface area contributed by atoms with Gasteiger partial charge in [-0.05, 0) is 50.7 Å². The first-order chi connectivity index (χ1) is 13.3. The minimum Gasteiger partial charge on any atom is -0.462 e. The number of alkyl halides is 1. The smallest absolute Gasteiger partial charge is 0.349 e. The van der Waals surface area contributed by atoms with Gasteiger partial charge >= 0.3 is 5.97 Å². The lowest BCUT2D eigenvalue weighted by Crippen LogP contribution is -2.52. The highest BCUT2D eigenvalue weighted by molar-refractivity contribution is 6.42. The van der Waals surface area contributed by atoms with E-state index in [1.165, 1.54) is 6.08 Å². The number of carbonyl (C=O) groups is 2.